The van der Waals surface area contributed by atoms with Gasteiger partial charge in [0.25, 0.3) is 0 Å². The van der Waals surface area contributed by atoms with Crippen molar-refractivity contribution in [1.29, 1.82) is 0 Å². The first-order valence-electron chi connectivity index (χ1n) is 3.96. The molecule has 2 aromatic heterocycles. The average Bonchev–Trinajstić information content (AvgIpc) is 2.43. The second-order valence-corrected chi connectivity index (χ2v) is 3.24. The van der Waals surface area contributed by atoms with E-state index in [4.69, 9.17) is 22.1 Å². The number of anilines is 1. The number of aryl methyl sites for hydroxylation is 1. The molecule has 0 fully saturated rings. The molecule has 0 bridgehead atoms. The third-order valence-corrected chi connectivity index (χ3v) is 2.19. The van der Waals surface area contributed by atoms with Gasteiger partial charge in [-0.2, -0.15) is 0 Å². The molecule has 0 unspecified atom stereocenters. The molecule has 5 nitrogen and oxygen atoms in total. The zero-order valence-corrected chi connectivity index (χ0v) is 8.54. The van der Waals surface area contributed by atoms with Crippen molar-refractivity contribution in [2.24, 2.45) is 7.05 Å². The van der Waals surface area contributed by atoms with E-state index in [1.165, 1.54) is 7.11 Å². The number of hydrogen-bond donors (Lipinski definition) is 1. The van der Waals surface area contributed by atoms with E-state index in [-0.39, 0.29) is 0 Å². The van der Waals surface area contributed by atoms with E-state index in [0.717, 1.165) is 5.52 Å². The molecule has 0 aliphatic rings. The minimum absolute atomic E-state index is 0.331. The molecule has 0 radical (unpaired) electrons. The molecule has 2 aromatic rings. The molecular weight excluding hydrogens is 204 g/mol. The van der Waals surface area contributed by atoms with Crippen LogP contribution in [0.5, 0.6) is 5.88 Å². The Hall–Kier alpha value is -1.49. The summed E-state index contributed by atoms with van der Waals surface area (Å²) in [6, 6.07) is 1.70. The molecule has 2 rings (SSSR count). The summed E-state index contributed by atoms with van der Waals surface area (Å²) < 4.78 is 6.72. The van der Waals surface area contributed by atoms with Crippen LogP contribution in [0.15, 0.2) is 6.07 Å². The quantitative estimate of drug-likeness (QED) is 0.722. The smallest absolute Gasteiger partial charge is 0.244 e. The fourth-order valence-corrected chi connectivity index (χ4v) is 1.57. The molecule has 0 aliphatic heterocycles. The monoisotopic (exact) mass is 212 g/mol. The maximum absolute atomic E-state index is 5.78. The van der Waals surface area contributed by atoms with E-state index in [1.807, 2.05) is 0 Å². The number of ether oxygens (including phenoxy) is 1. The third-order valence-electron chi connectivity index (χ3n) is 1.99. The molecule has 6 heteroatoms. The Morgan fingerprint density at radius 1 is 1.57 bits per heavy atom. The average molecular weight is 213 g/mol. The standard InChI is InChI=1S/C8H9ClN4O/c1-13-4-3-5(9)11-7(10)6(4)8(12-13)14-2/h3H,1-2H3,(H2,10,11). The minimum Gasteiger partial charge on any atom is -0.479 e. The zero-order valence-electron chi connectivity index (χ0n) is 7.78. The van der Waals surface area contributed by atoms with Crippen molar-refractivity contribution in [3.05, 3.63) is 11.2 Å². The van der Waals surface area contributed by atoms with Gasteiger partial charge in [0, 0.05) is 13.1 Å². The van der Waals surface area contributed by atoms with E-state index in [1.54, 1.807) is 17.8 Å². The normalized spacial score (nSPS) is 10.8. The highest BCUT2D eigenvalue weighted by Crippen LogP contribution is 2.29. The molecule has 14 heavy (non-hydrogen) atoms. The van der Waals surface area contributed by atoms with Crippen molar-refractivity contribution in [1.82, 2.24) is 14.8 Å². The number of nitrogens with zero attached hydrogens (tertiary/aromatic N) is 3. The number of fused-ring (bicyclic) bond motifs is 1. The van der Waals surface area contributed by atoms with Gasteiger partial charge in [0.05, 0.1) is 12.6 Å². The molecule has 0 saturated carbocycles. The van der Waals surface area contributed by atoms with Gasteiger partial charge in [-0.15, -0.1) is 5.10 Å². The number of rotatable bonds is 1. The Morgan fingerprint density at radius 2 is 2.29 bits per heavy atom. The number of aromatic nitrogens is 3. The minimum atomic E-state index is 0.331. The SMILES string of the molecule is COc1nn(C)c2cc(Cl)nc(N)c12. The van der Waals surface area contributed by atoms with Crippen LogP contribution in [0.3, 0.4) is 0 Å². The van der Waals surface area contributed by atoms with Gasteiger partial charge in [-0.25, -0.2) is 4.98 Å². The van der Waals surface area contributed by atoms with Gasteiger partial charge in [0.15, 0.2) is 0 Å². The highest BCUT2D eigenvalue weighted by molar-refractivity contribution is 6.30. The van der Waals surface area contributed by atoms with Crippen molar-refractivity contribution in [2.75, 3.05) is 12.8 Å². The number of halogens is 1. The Labute approximate surface area is 85.4 Å². The molecule has 0 aliphatic carbocycles. The van der Waals surface area contributed by atoms with Gasteiger partial charge in [-0.1, -0.05) is 11.6 Å². The summed E-state index contributed by atoms with van der Waals surface area (Å²) in [4.78, 5) is 3.93. The zero-order chi connectivity index (χ0) is 10.3. The number of nitrogen functional groups attached to an aromatic ring is 1. The summed E-state index contributed by atoms with van der Waals surface area (Å²) in [6.45, 7) is 0. The summed E-state index contributed by atoms with van der Waals surface area (Å²) in [5.74, 6) is 0.793. The lowest BCUT2D eigenvalue weighted by molar-refractivity contribution is 0.396. The van der Waals surface area contributed by atoms with Crippen LogP contribution in [0.1, 0.15) is 0 Å². The number of nitrogens with two attached hydrogens (primary N) is 1. The topological polar surface area (TPSA) is 66.0 Å². The Balaban J connectivity index is 2.89. The lowest BCUT2D eigenvalue weighted by Crippen LogP contribution is -1.93. The molecular formula is C8H9ClN4O. The van der Waals surface area contributed by atoms with Crippen molar-refractivity contribution in [3.8, 4) is 5.88 Å². The van der Waals surface area contributed by atoms with Gasteiger partial charge < -0.3 is 10.5 Å². The van der Waals surface area contributed by atoms with Crippen molar-refractivity contribution >= 4 is 28.3 Å². The van der Waals surface area contributed by atoms with Crippen LogP contribution in [0, 0.1) is 0 Å². The molecule has 2 N–H and O–H groups in total. The highest BCUT2D eigenvalue weighted by atomic mass is 35.5. The van der Waals surface area contributed by atoms with Gasteiger partial charge in [-0.05, 0) is 0 Å². The number of pyridine rings is 1. The fourth-order valence-electron chi connectivity index (χ4n) is 1.38. The van der Waals surface area contributed by atoms with Crippen LogP contribution in [0.2, 0.25) is 5.15 Å². The highest BCUT2D eigenvalue weighted by Gasteiger charge is 2.13. The molecule has 0 saturated heterocycles. The predicted octanol–water partition coefficient (Wildman–Crippen LogP) is 1.21. The lowest BCUT2D eigenvalue weighted by atomic mass is 10.3. The lowest BCUT2D eigenvalue weighted by Gasteiger charge is -1.98. The summed E-state index contributed by atoms with van der Waals surface area (Å²) >= 11 is 5.78. The second-order valence-electron chi connectivity index (χ2n) is 2.86. The third kappa shape index (κ3) is 1.17. The number of hydrogen-bond acceptors (Lipinski definition) is 4. The summed E-state index contributed by atoms with van der Waals surface area (Å²) in [6.07, 6.45) is 0. The van der Waals surface area contributed by atoms with Crippen molar-refractivity contribution in [2.45, 2.75) is 0 Å². The maximum Gasteiger partial charge on any atom is 0.244 e. The van der Waals surface area contributed by atoms with Crippen LogP contribution in [0.4, 0.5) is 5.82 Å². The first kappa shape index (κ1) is 9.08. The van der Waals surface area contributed by atoms with E-state index >= 15 is 0 Å². The second kappa shape index (κ2) is 3.02. The summed E-state index contributed by atoms with van der Waals surface area (Å²) in [5.41, 5.74) is 6.52. The predicted molar refractivity (Wildman–Crippen MR) is 54.5 cm³/mol. The molecule has 0 spiro atoms. The van der Waals surface area contributed by atoms with Crippen LogP contribution in [-0.2, 0) is 7.05 Å². The van der Waals surface area contributed by atoms with Gasteiger partial charge in [0.2, 0.25) is 5.88 Å². The van der Waals surface area contributed by atoms with E-state index in [0.29, 0.717) is 22.2 Å². The van der Waals surface area contributed by atoms with Gasteiger partial charge in [0.1, 0.15) is 16.4 Å². The first-order chi connectivity index (χ1) is 6.63. The van der Waals surface area contributed by atoms with E-state index < -0.39 is 0 Å². The van der Waals surface area contributed by atoms with Gasteiger partial charge in [-0.3, -0.25) is 4.68 Å². The molecule has 2 heterocycles. The van der Waals surface area contributed by atoms with Crippen LogP contribution < -0.4 is 10.5 Å². The summed E-state index contributed by atoms with van der Waals surface area (Å²) in [7, 11) is 3.33. The Morgan fingerprint density at radius 3 is 2.93 bits per heavy atom. The molecule has 0 amide bonds. The van der Waals surface area contributed by atoms with E-state index in [9.17, 15) is 0 Å². The maximum atomic E-state index is 5.78. The Bertz CT molecular complexity index is 494. The van der Waals surface area contributed by atoms with Crippen LogP contribution >= 0.6 is 11.6 Å². The fraction of sp³-hybridized carbons (Fsp3) is 0.250. The van der Waals surface area contributed by atoms with Crippen LogP contribution in [0.25, 0.3) is 10.9 Å². The van der Waals surface area contributed by atoms with Gasteiger partial charge >= 0.3 is 0 Å². The Kier molecular flexibility index (Phi) is 1.96. The van der Waals surface area contributed by atoms with E-state index in [2.05, 4.69) is 10.1 Å². The largest absolute Gasteiger partial charge is 0.479 e. The van der Waals surface area contributed by atoms with Crippen LogP contribution in [-0.4, -0.2) is 21.9 Å². The molecule has 0 atom stereocenters. The van der Waals surface area contributed by atoms with Crippen molar-refractivity contribution in [3.63, 3.8) is 0 Å². The first-order valence-corrected chi connectivity index (χ1v) is 4.34. The van der Waals surface area contributed by atoms with Crippen molar-refractivity contribution < 1.29 is 4.74 Å². The molecule has 74 valence electrons. The number of methoxy groups -OCH3 is 1. The summed E-state index contributed by atoms with van der Waals surface area (Å²) in [5, 5.41) is 5.17. The molecule has 0 aromatic carbocycles.